The number of carbonyl (C=O) groups is 1. The first-order valence-corrected chi connectivity index (χ1v) is 5.31. The molecule has 0 amide bonds. The van der Waals surface area contributed by atoms with E-state index < -0.39 is 12.1 Å². The molecular formula is C11H18N2O3. The molecule has 5 heteroatoms. The normalized spacial score (nSPS) is 12.8. The van der Waals surface area contributed by atoms with Crippen LogP contribution >= 0.6 is 0 Å². The number of ether oxygens (including phenoxy) is 1. The molecule has 1 heterocycles. The van der Waals surface area contributed by atoms with Crippen LogP contribution in [0, 0.1) is 5.92 Å². The molecule has 0 aliphatic heterocycles. The van der Waals surface area contributed by atoms with Crippen molar-refractivity contribution in [2.24, 2.45) is 5.92 Å². The summed E-state index contributed by atoms with van der Waals surface area (Å²) < 4.78 is 6.24. The molecule has 0 saturated carbocycles. The maximum absolute atomic E-state index is 11.0. The predicted molar refractivity (Wildman–Crippen MR) is 58.7 cm³/mol. The predicted octanol–water partition coefficient (Wildman–Crippen LogP) is 1.14. The molecule has 0 spiro atoms. The average molecular weight is 226 g/mol. The summed E-state index contributed by atoms with van der Waals surface area (Å²) in [6.07, 6.45) is 0.853. The Balaban J connectivity index is 2.59. The van der Waals surface area contributed by atoms with Gasteiger partial charge in [0.05, 0.1) is 19.2 Å². The molecule has 0 fully saturated rings. The minimum Gasteiger partial charge on any atom is -0.469 e. The molecule has 0 radical (unpaired) electrons. The van der Waals surface area contributed by atoms with E-state index in [2.05, 4.69) is 23.7 Å². The molecule has 0 aliphatic carbocycles. The first-order chi connectivity index (χ1) is 7.52. The lowest BCUT2D eigenvalue weighted by atomic mass is 10.2. The Morgan fingerprint density at radius 1 is 1.62 bits per heavy atom. The van der Waals surface area contributed by atoms with Crippen LogP contribution in [0.25, 0.3) is 0 Å². The van der Waals surface area contributed by atoms with Gasteiger partial charge in [-0.3, -0.25) is 9.48 Å². The van der Waals surface area contributed by atoms with Crippen molar-refractivity contribution in [2.75, 3.05) is 7.11 Å². The Hall–Kier alpha value is -1.36. The SMILES string of the molecule is COC(=O)C[C@H](O)c1ccn(CC(C)C)n1. The van der Waals surface area contributed by atoms with Gasteiger partial charge in [-0.2, -0.15) is 5.10 Å². The Kier molecular flexibility index (Phi) is 4.49. The Morgan fingerprint density at radius 2 is 2.31 bits per heavy atom. The highest BCUT2D eigenvalue weighted by Crippen LogP contribution is 2.14. The van der Waals surface area contributed by atoms with E-state index in [0.29, 0.717) is 11.6 Å². The van der Waals surface area contributed by atoms with Crippen molar-refractivity contribution in [3.8, 4) is 0 Å². The van der Waals surface area contributed by atoms with Gasteiger partial charge in [-0.15, -0.1) is 0 Å². The maximum atomic E-state index is 11.0. The topological polar surface area (TPSA) is 64.3 Å². The zero-order chi connectivity index (χ0) is 12.1. The first-order valence-electron chi connectivity index (χ1n) is 5.31. The van der Waals surface area contributed by atoms with E-state index >= 15 is 0 Å². The molecule has 90 valence electrons. The molecule has 1 N–H and O–H groups in total. The summed E-state index contributed by atoms with van der Waals surface area (Å²) in [7, 11) is 1.30. The molecule has 1 aromatic rings. The molecule has 1 rings (SSSR count). The minimum atomic E-state index is -0.888. The van der Waals surface area contributed by atoms with Gasteiger partial charge in [0.25, 0.3) is 0 Å². The molecule has 0 bridgehead atoms. The van der Waals surface area contributed by atoms with Crippen LogP contribution in [0.2, 0.25) is 0 Å². The third-order valence-electron chi connectivity index (χ3n) is 2.14. The Bertz CT molecular complexity index is 347. The van der Waals surface area contributed by atoms with Crippen molar-refractivity contribution in [3.63, 3.8) is 0 Å². The zero-order valence-electron chi connectivity index (χ0n) is 9.88. The van der Waals surface area contributed by atoms with Crippen molar-refractivity contribution in [1.82, 2.24) is 9.78 Å². The van der Waals surface area contributed by atoms with Crippen LogP contribution in [0.4, 0.5) is 0 Å². The first kappa shape index (κ1) is 12.7. The van der Waals surface area contributed by atoms with E-state index in [1.54, 1.807) is 16.9 Å². The number of carbonyl (C=O) groups excluding carboxylic acids is 1. The lowest BCUT2D eigenvalue weighted by Gasteiger charge is -2.07. The van der Waals surface area contributed by atoms with Gasteiger partial charge in [0.1, 0.15) is 6.10 Å². The second kappa shape index (κ2) is 5.65. The van der Waals surface area contributed by atoms with E-state index in [9.17, 15) is 9.90 Å². The molecule has 1 aromatic heterocycles. The standard InChI is InChI=1S/C11H18N2O3/c1-8(2)7-13-5-4-9(12-13)10(14)6-11(15)16-3/h4-5,8,10,14H,6-7H2,1-3H3/t10-/m0/s1. The second-order valence-corrected chi connectivity index (χ2v) is 4.15. The van der Waals surface area contributed by atoms with E-state index in [0.717, 1.165) is 6.54 Å². The molecule has 0 aliphatic rings. The number of methoxy groups -OCH3 is 1. The van der Waals surface area contributed by atoms with Gasteiger partial charge in [-0.1, -0.05) is 13.8 Å². The summed E-state index contributed by atoms with van der Waals surface area (Å²) in [5.74, 6) is 0.0522. The van der Waals surface area contributed by atoms with Crippen LogP contribution in [0.1, 0.15) is 32.1 Å². The quantitative estimate of drug-likeness (QED) is 0.764. The third kappa shape index (κ3) is 3.66. The smallest absolute Gasteiger partial charge is 0.308 e. The van der Waals surface area contributed by atoms with E-state index in [1.807, 2.05) is 0 Å². The lowest BCUT2D eigenvalue weighted by Crippen LogP contribution is -2.10. The zero-order valence-corrected chi connectivity index (χ0v) is 9.88. The number of esters is 1. The number of aliphatic hydroxyl groups is 1. The van der Waals surface area contributed by atoms with E-state index in [4.69, 9.17) is 0 Å². The molecule has 1 atom stereocenters. The highest BCUT2D eigenvalue weighted by Gasteiger charge is 2.15. The van der Waals surface area contributed by atoms with Crippen molar-refractivity contribution < 1.29 is 14.6 Å². The van der Waals surface area contributed by atoms with Gasteiger partial charge in [0.2, 0.25) is 0 Å². The van der Waals surface area contributed by atoms with Crippen molar-refractivity contribution >= 4 is 5.97 Å². The molecule has 5 nitrogen and oxygen atoms in total. The minimum absolute atomic E-state index is 0.0603. The lowest BCUT2D eigenvalue weighted by molar-refractivity contribution is -0.142. The molecule has 0 aromatic carbocycles. The molecule has 0 unspecified atom stereocenters. The van der Waals surface area contributed by atoms with Gasteiger partial charge < -0.3 is 9.84 Å². The fraction of sp³-hybridized carbons (Fsp3) is 0.636. The number of rotatable bonds is 5. The van der Waals surface area contributed by atoms with Gasteiger partial charge >= 0.3 is 5.97 Å². The highest BCUT2D eigenvalue weighted by molar-refractivity contribution is 5.69. The summed E-state index contributed by atoms with van der Waals surface area (Å²) in [6, 6.07) is 1.72. The molecule has 0 saturated heterocycles. The van der Waals surface area contributed by atoms with Crippen molar-refractivity contribution in [1.29, 1.82) is 0 Å². The van der Waals surface area contributed by atoms with Gasteiger partial charge in [-0.25, -0.2) is 0 Å². The number of aliphatic hydroxyl groups excluding tert-OH is 1. The average Bonchev–Trinajstić information content (AvgIpc) is 2.65. The highest BCUT2D eigenvalue weighted by atomic mass is 16.5. The van der Waals surface area contributed by atoms with E-state index in [1.165, 1.54) is 7.11 Å². The monoisotopic (exact) mass is 226 g/mol. The number of hydrogen-bond acceptors (Lipinski definition) is 4. The van der Waals surface area contributed by atoms with Gasteiger partial charge in [0, 0.05) is 12.7 Å². The number of nitrogens with zero attached hydrogens (tertiary/aromatic N) is 2. The molecule has 16 heavy (non-hydrogen) atoms. The maximum Gasteiger partial charge on any atom is 0.308 e. The van der Waals surface area contributed by atoms with Crippen LogP contribution in [0.5, 0.6) is 0 Å². The van der Waals surface area contributed by atoms with Gasteiger partial charge in [0.15, 0.2) is 0 Å². The summed E-state index contributed by atoms with van der Waals surface area (Å²) >= 11 is 0. The van der Waals surface area contributed by atoms with Crippen LogP contribution in [0.3, 0.4) is 0 Å². The van der Waals surface area contributed by atoms with Crippen molar-refractivity contribution in [2.45, 2.75) is 32.9 Å². The summed E-state index contributed by atoms with van der Waals surface area (Å²) in [6.45, 7) is 4.98. The molecular weight excluding hydrogens is 208 g/mol. The summed E-state index contributed by atoms with van der Waals surface area (Å²) in [5, 5.41) is 13.9. The van der Waals surface area contributed by atoms with Gasteiger partial charge in [-0.05, 0) is 12.0 Å². The summed E-state index contributed by atoms with van der Waals surface area (Å²) in [4.78, 5) is 11.0. The third-order valence-corrected chi connectivity index (χ3v) is 2.14. The fourth-order valence-corrected chi connectivity index (χ4v) is 1.38. The fourth-order valence-electron chi connectivity index (χ4n) is 1.38. The van der Waals surface area contributed by atoms with E-state index in [-0.39, 0.29) is 6.42 Å². The number of hydrogen-bond donors (Lipinski definition) is 1. The summed E-state index contributed by atoms with van der Waals surface area (Å²) in [5.41, 5.74) is 0.506. The van der Waals surface area contributed by atoms with Crippen LogP contribution in [0.15, 0.2) is 12.3 Å². The Labute approximate surface area is 95.0 Å². The van der Waals surface area contributed by atoms with Crippen LogP contribution < -0.4 is 0 Å². The Morgan fingerprint density at radius 3 is 2.88 bits per heavy atom. The largest absolute Gasteiger partial charge is 0.469 e. The van der Waals surface area contributed by atoms with Crippen LogP contribution in [-0.4, -0.2) is 28.0 Å². The second-order valence-electron chi connectivity index (χ2n) is 4.15. The van der Waals surface area contributed by atoms with Crippen LogP contribution in [-0.2, 0) is 16.1 Å². The number of aromatic nitrogens is 2. The van der Waals surface area contributed by atoms with Crippen molar-refractivity contribution in [3.05, 3.63) is 18.0 Å².